The molecular formula is C24H29ClFN3O3. The van der Waals surface area contributed by atoms with Crippen molar-refractivity contribution in [2.45, 2.75) is 25.9 Å². The van der Waals surface area contributed by atoms with Crippen LogP contribution in [0.25, 0.3) is 0 Å². The molecule has 32 heavy (non-hydrogen) atoms. The molecule has 8 heteroatoms. The van der Waals surface area contributed by atoms with E-state index in [1.165, 1.54) is 24.3 Å². The second-order valence-corrected chi connectivity index (χ2v) is 8.60. The predicted molar refractivity (Wildman–Crippen MR) is 122 cm³/mol. The summed E-state index contributed by atoms with van der Waals surface area (Å²) >= 11 is 6.05. The van der Waals surface area contributed by atoms with Crippen LogP contribution in [0.3, 0.4) is 0 Å². The van der Waals surface area contributed by atoms with Crippen LogP contribution in [-0.2, 0) is 9.53 Å². The molecule has 0 bridgehead atoms. The Labute approximate surface area is 193 Å². The summed E-state index contributed by atoms with van der Waals surface area (Å²) in [6.45, 7) is 6.93. The second kappa shape index (κ2) is 11.4. The summed E-state index contributed by atoms with van der Waals surface area (Å²) in [6.07, 6.45) is 0. The summed E-state index contributed by atoms with van der Waals surface area (Å²) in [5.74, 6) is -1.23. The summed E-state index contributed by atoms with van der Waals surface area (Å²) in [5.41, 5.74) is 1.35. The zero-order valence-electron chi connectivity index (χ0n) is 18.3. The van der Waals surface area contributed by atoms with E-state index in [2.05, 4.69) is 15.5 Å². The van der Waals surface area contributed by atoms with E-state index in [0.29, 0.717) is 30.3 Å². The number of carbonyl (C=O) groups is 2. The third-order valence-corrected chi connectivity index (χ3v) is 5.80. The highest BCUT2D eigenvalue weighted by Gasteiger charge is 2.28. The van der Waals surface area contributed by atoms with Gasteiger partial charge in [-0.3, -0.25) is 14.5 Å². The van der Waals surface area contributed by atoms with E-state index in [0.717, 1.165) is 18.7 Å². The second-order valence-electron chi connectivity index (χ2n) is 8.16. The lowest BCUT2D eigenvalue weighted by Crippen LogP contribution is -2.52. The molecule has 2 aromatic rings. The van der Waals surface area contributed by atoms with Crippen molar-refractivity contribution >= 4 is 23.4 Å². The summed E-state index contributed by atoms with van der Waals surface area (Å²) in [6, 6.07) is 12.1. The first-order chi connectivity index (χ1) is 15.3. The maximum absolute atomic E-state index is 13.1. The Hall–Kier alpha value is -2.48. The molecular weight excluding hydrogens is 433 g/mol. The quantitative estimate of drug-likeness (QED) is 0.632. The van der Waals surface area contributed by atoms with Crippen molar-refractivity contribution in [1.29, 1.82) is 0 Å². The minimum Gasteiger partial charge on any atom is -0.379 e. The van der Waals surface area contributed by atoms with Crippen LogP contribution in [0, 0.1) is 11.7 Å². The number of carbonyl (C=O) groups excluding carboxylic acids is 2. The van der Waals surface area contributed by atoms with Gasteiger partial charge in [0.15, 0.2) is 0 Å². The van der Waals surface area contributed by atoms with Gasteiger partial charge < -0.3 is 15.4 Å². The number of nitrogens with zero attached hydrogens (tertiary/aromatic N) is 1. The van der Waals surface area contributed by atoms with Gasteiger partial charge in [-0.15, -0.1) is 0 Å². The van der Waals surface area contributed by atoms with Gasteiger partial charge in [-0.2, -0.15) is 0 Å². The molecule has 2 N–H and O–H groups in total. The first-order valence-corrected chi connectivity index (χ1v) is 11.1. The van der Waals surface area contributed by atoms with Gasteiger partial charge in [-0.1, -0.05) is 37.6 Å². The first-order valence-electron chi connectivity index (χ1n) is 10.8. The van der Waals surface area contributed by atoms with E-state index in [-0.39, 0.29) is 17.9 Å². The van der Waals surface area contributed by atoms with Crippen molar-refractivity contribution in [1.82, 2.24) is 15.5 Å². The van der Waals surface area contributed by atoms with E-state index < -0.39 is 17.8 Å². The molecule has 1 fully saturated rings. The number of halogens is 2. The van der Waals surface area contributed by atoms with Crippen molar-refractivity contribution in [2.24, 2.45) is 5.92 Å². The van der Waals surface area contributed by atoms with E-state index in [9.17, 15) is 14.0 Å². The van der Waals surface area contributed by atoms with Crippen LogP contribution < -0.4 is 10.6 Å². The van der Waals surface area contributed by atoms with Gasteiger partial charge >= 0.3 is 0 Å². The van der Waals surface area contributed by atoms with Crippen LogP contribution in [0.2, 0.25) is 5.02 Å². The van der Waals surface area contributed by atoms with E-state index >= 15 is 0 Å². The largest absolute Gasteiger partial charge is 0.379 e. The van der Waals surface area contributed by atoms with Gasteiger partial charge in [-0.25, -0.2) is 4.39 Å². The van der Waals surface area contributed by atoms with E-state index in [1.54, 1.807) is 0 Å². The Morgan fingerprint density at radius 2 is 1.69 bits per heavy atom. The van der Waals surface area contributed by atoms with Gasteiger partial charge in [0.05, 0.1) is 19.3 Å². The van der Waals surface area contributed by atoms with Crippen LogP contribution in [-0.4, -0.2) is 55.6 Å². The van der Waals surface area contributed by atoms with E-state index in [4.69, 9.17) is 16.3 Å². The highest BCUT2D eigenvalue weighted by molar-refractivity contribution is 6.30. The Balaban J connectivity index is 1.68. The Morgan fingerprint density at radius 3 is 2.28 bits per heavy atom. The maximum Gasteiger partial charge on any atom is 0.251 e. The van der Waals surface area contributed by atoms with Crippen molar-refractivity contribution in [2.75, 3.05) is 32.8 Å². The van der Waals surface area contributed by atoms with Gasteiger partial charge in [0.2, 0.25) is 5.91 Å². The molecule has 1 aliphatic rings. The average molecular weight is 462 g/mol. The number of ether oxygens (including phenoxy) is 1. The molecule has 1 saturated heterocycles. The molecule has 6 nitrogen and oxygen atoms in total. The van der Waals surface area contributed by atoms with Gasteiger partial charge in [-0.05, 0) is 47.9 Å². The topological polar surface area (TPSA) is 70.7 Å². The van der Waals surface area contributed by atoms with Crippen molar-refractivity contribution in [3.63, 3.8) is 0 Å². The van der Waals surface area contributed by atoms with Crippen LogP contribution in [0.1, 0.15) is 35.8 Å². The molecule has 0 aromatic heterocycles. The molecule has 0 spiro atoms. The third-order valence-electron chi connectivity index (χ3n) is 5.55. The number of amides is 2. The van der Waals surface area contributed by atoms with Gasteiger partial charge in [0, 0.05) is 30.2 Å². The minimum atomic E-state index is -0.719. The molecule has 1 heterocycles. The third kappa shape index (κ3) is 6.51. The van der Waals surface area contributed by atoms with Crippen molar-refractivity contribution in [3.8, 4) is 0 Å². The lowest BCUT2D eigenvalue weighted by molar-refractivity contribution is -0.124. The molecule has 0 saturated carbocycles. The summed E-state index contributed by atoms with van der Waals surface area (Å²) in [4.78, 5) is 27.9. The lowest BCUT2D eigenvalue weighted by atomic mass is 10.0. The fourth-order valence-corrected chi connectivity index (χ4v) is 3.83. The molecule has 1 aliphatic heterocycles. The number of morpholine rings is 1. The first kappa shape index (κ1) is 24.2. The molecule has 2 unspecified atom stereocenters. The lowest BCUT2D eigenvalue weighted by Gasteiger charge is -2.35. The van der Waals surface area contributed by atoms with Crippen molar-refractivity contribution in [3.05, 3.63) is 70.5 Å². The summed E-state index contributed by atoms with van der Waals surface area (Å²) in [7, 11) is 0. The molecule has 3 rings (SSSR count). The van der Waals surface area contributed by atoms with Crippen LogP contribution in [0.4, 0.5) is 4.39 Å². The Bertz CT molecular complexity index is 900. The number of benzene rings is 2. The highest BCUT2D eigenvalue weighted by Crippen LogP contribution is 2.23. The molecule has 2 aromatic carbocycles. The number of nitrogens with one attached hydrogen (secondary N) is 2. The molecule has 0 radical (unpaired) electrons. The molecule has 172 valence electrons. The molecule has 2 atom stereocenters. The number of hydrogen-bond donors (Lipinski definition) is 2. The normalized spacial score (nSPS) is 16.4. The fraction of sp³-hybridized carbons (Fsp3) is 0.417. The maximum atomic E-state index is 13.1. The smallest absolute Gasteiger partial charge is 0.251 e. The summed E-state index contributed by atoms with van der Waals surface area (Å²) < 4.78 is 18.6. The Morgan fingerprint density at radius 1 is 1.06 bits per heavy atom. The SMILES string of the molecule is CC(C)C(NC(=O)c1ccc(F)cc1)C(=O)NCC(c1ccc(Cl)cc1)N1CCOCC1. The van der Waals surface area contributed by atoms with Crippen LogP contribution in [0.15, 0.2) is 48.5 Å². The number of hydrogen-bond acceptors (Lipinski definition) is 4. The average Bonchev–Trinajstić information content (AvgIpc) is 2.79. The summed E-state index contributed by atoms with van der Waals surface area (Å²) in [5, 5.41) is 6.44. The van der Waals surface area contributed by atoms with Crippen molar-refractivity contribution < 1.29 is 18.7 Å². The van der Waals surface area contributed by atoms with Gasteiger partial charge in [0.25, 0.3) is 5.91 Å². The predicted octanol–water partition coefficient (Wildman–Crippen LogP) is 3.42. The molecule has 0 aliphatic carbocycles. The van der Waals surface area contributed by atoms with E-state index in [1.807, 2.05) is 38.1 Å². The molecule has 2 amide bonds. The standard InChI is InChI=1S/C24H29ClFN3O3/c1-16(2)22(28-23(30)18-5-9-20(26)10-6-18)24(31)27-15-21(29-11-13-32-14-12-29)17-3-7-19(25)8-4-17/h3-10,16,21-22H,11-15H2,1-2H3,(H,27,31)(H,28,30). The fourth-order valence-electron chi connectivity index (χ4n) is 3.70. The zero-order valence-corrected chi connectivity index (χ0v) is 19.1. The van der Waals surface area contributed by atoms with Gasteiger partial charge in [0.1, 0.15) is 11.9 Å². The van der Waals surface area contributed by atoms with Crippen LogP contribution in [0.5, 0.6) is 0 Å². The zero-order chi connectivity index (χ0) is 23.1. The van der Waals surface area contributed by atoms with Crippen LogP contribution >= 0.6 is 11.6 Å². The minimum absolute atomic E-state index is 0.0410. The highest BCUT2D eigenvalue weighted by atomic mass is 35.5. The number of rotatable bonds is 8. The monoisotopic (exact) mass is 461 g/mol. The Kier molecular flexibility index (Phi) is 8.61.